The Hall–Kier alpha value is -6.16. The van der Waals surface area contributed by atoms with Crippen molar-refractivity contribution in [2.75, 3.05) is 14.2 Å². The van der Waals surface area contributed by atoms with Crippen LogP contribution in [0.15, 0.2) is 48.7 Å². The maximum Gasteiger partial charge on any atom is 0.407 e. The van der Waals surface area contributed by atoms with E-state index in [2.05, 4.69) is 93.9 Å². The third-order valence-electron chi connectivity index (χ3n) is 13.6. The van der Waals surface area contributed by atoms with Crippen molar-refractivity contribution in [3.8, 4) is 28.1 Å². The van der Waals surface area contributed by atoms with E-state index in [9.17, 15) is 19.2 Å². The summed E-state index contributed by atoms with van der Waals surface area (Å²) in [5.74, 6) is 2.68. The van der Waals surface area contributed by atoms with Crippen molar-refractivity contribution >= 4 is 45.8 Å². The first-order valence-corrected chi connectivity index (χ1v) is 22.9. The number of primary amides is 1. The average molecular weight is 891 g/mol. The van der Waals surface area contributed by atoms with Crippen LogP contribution in [0.5, 0.6) is 5.75 Å². The molecule has 9 rings (SSSR count). The van der Waals surface area contributed by atoms with Crippen LogP contribution in [-0.2, 0) is 30.4 Å². The van der Waals surface area contributed by atoms with Gasteiger partial charge in [-0.15, -0.1) is 0 Å². The minimum atomic E-state index is -0.745. The number of nitrogens with zero attached hydrogens (tertiary/aromatic N) is 4. The normalized spacial score (nSPS) is 24.2. The molecule has 4 aliphatic rings. The number of nitrogens with one attached hydrogen (secondary N) is 3. The molecule has 5 N–H and O–H groups in total. The Morgan fingerprint density at radius 2 is 1.55 bits per heavy atom. The van der Waals surface area contributed by atoms with Crippen molar-refractivity contribution in [1.82, 2.24) is 35.1 Å². The molecule has 16 nitrogen and oxygen atoms in total. The summed E-state index contributed by atoms with van der Waals surface area (Å²) in [7, 11) is 2.53. The molecule has 4 aliphatic heterocycles. The summed E-state index contributed by atoms with van der Waals surface area (Å²) in [6, 6.07) is 14.1. The molecule has 65 heavy (non-hydrogen) atoms. The number of aromatic amines is 2. The lowest BCUT2D eigenvalue weighted by Gasteiger charge is -2.34. The highest BCUT2D eigenvalue weighted by Gasteiger charge is 2.42. The van der Waals surface area contributed by atoms with Crippen LogP contribution >= 0.6 is 0 Å². The summed E-state index contributed by atoms with van der Waals surface area (Å²) in [5, 5.41) is 4.82. The number of alkyl carbamates (subject to hydrolysis) is 1. The quantitative estimate of drug-likeness (QED) is 0.117. The highest BCUT2D eigenvalue weighted by atomic mass is 16.5. The molecule has 0 spiro atoms. The smallest absolute Gasteiger partial charge is 0.407 e. The predicted molar refractivity (Wildman–Crippen MR) is 246 cm³/mol. The van der Waals surface area contributed by atoms with E-state index >= 15 is 0 Å². The summed E-state index contributed by atoms with van der Waals surface area (Å²) in [4.78, 5) is 70.3. The highest BCUT2D eigenvalue weighted by Crippen LogP contribution is 2.44. The topological polar surface area (TPSA) is 207 Å². The lowest BCUT2D eigenvalue weighted by atomic mass is 9.89. The first-order valence-electron chi connectivity index (χ1n) is 22.9. The molecular weight excluding hydrogens is 829 g/mol. The lowest BCUT2D eigenvalue weighted by molar-refractivity contribution is -0.138. The van der Waals surface area contributed by atoms with Gasteiger partial charge in [-0.25, -0.2) is 19.6 Å². The number of hydrogen-bond donors (Lipinski definition) is 4. The number of fused-ring (bicyclic) bond motifs is 6. The molecule has 3 aromatic carbocycles. The van der Waals surface area contributed by atoms with Gasteiger partial charge in [0.1, 0.15) is 30.0 Å². The molecule has 0 aliphatic carbocycles. The number of hydrogen-bond acceptors (Lipinski definition) is 10. The molecule has 0 bridgehead atoms. The maximum atomic E-state index is 13.9. The van der Waals surface area contributed by atoms with Gasteiger partial charge >= 0.3 is 12.2 Å². The van der Waals surface area contributed by atoms with Crippen LogP contribution in [-0.4, -0.2) is 98.3 Å². The minimum absolute atomic E-state index is 0.00216. The zero-order valence-electron chi connectivity index (χ0n) is 38.6. The number of carbonyl (C=O) groups is 4. The Kier molecular flexibility index (Phi) is 13.1. The number of likely N-dealkylation sites (tertiary alicyclic amines) is 2. The van der Waals surface area contributed by atoms with Gasteiger partial charge in [0.25, 0.3) is 0 Å². The van der Waals surface area contributed by atoms with Crippen molar-refractivity contribution in [2.45, 2.75) is 136 Å². The first kappa shape index (κ1) is 45.4. The van der Waals surface area contributed by atoms with E-state index in [1.165, 1.54) is 14.2 Å². The van der Waals surface area contributed by atoms with Crippen LogP contribution in [0.25, 0.3) is 44.2 Å². The van der Waals surface area contributed by atoms with E-state index in [0.717, 1.165) is 106 Å². The molecule has 3 unspecified atom stereocenters. The van der Waals surface area contributed by atoms with Gasteiger partial charge in [0, 0.05) is 29.5 Å². The van der Waals surface area contributed by atoms with E-state index in [1.807, 2.05) is 31.9 Å². The number of nitrogens with two attached hydrogens (primary N) is 1. The average Bonchev–Trinajstić information content (AvgIpc) is 4.10. The number of aromatic nitrogens is 4. The molecule has 0 radical (unpaired) electrons. The van der Waals surface area contributed by atoms with Gasteiger partial charge in [-0.05, 0) is 124 Å². The molecule has 5 aromatic rings. The second-order valence-electron chi connectivity index (χ2n) is 18.6. The highest BCUT2D eigenvalue weighted by molar-refractivity contribution is 6.07. The number of amides is 4. The van der Waals surface area contributed by atoms with E-state index < -0.39 is 18.2 Å². The van der Waals surface area contributed by atoms with Gasteiger partial charge in [0.15, 0.2) is 0 Å². The molecule has 6 heterocycles. The van der Waals surface area contributed by atoms with Crippen LogP contribution in [0.3, 0.4) is 0 Å². The molecule has 3 saturated heterocycles. The summed E-state index contributed by atoms with van der Waals surface area (Å²) >= 11 is 0. The Labute approximate surface area is 379 Å². The zero-order chi connectivity index (χ0) is 46.3. The fourth-order valence-corrected chi connectivity index (χ4v) is 10.5. The SMILES string of the molecule is COC(=O)NC(C(=O)N1[C@@H](C)CC[C@H]1c1ncc(-c2ccc3c(c2)COc2cc4c(ccc5[nH]c([C@@H]6CC[C@H](C)N6C(=O)CC6CC(C)O[C@H](C)C6)nc54)cc2-3)[nH]1)C(C)C.COC(N)=O. The van der Waals surface area contributed by atoms with Crippen molar-refractivity contribution in [2.24, 2.45) is 17.6 Å². The number of benzene rings is 3. The second kappa shape index (κ2) is 18.7. The summed E-state index contributed by atoms with van der Waals surface area (Å²) in [5.41, 5.74) is 11.3. The first-order chi connectivity index (χ1) is 31.1. The van der Waals surface area contributed by atoms with Crippen LogP contribution in [0.2, 0.25) is 0 Å². The van der Waals surface area contributed by atoms with Crippen molar-refractivity contribution in [3.63, 3.8) is 0 Å². The number of methoxy groups -OCH3 is 2. The Bertz CT molecular complexity index is 2580. The molecular formula is C49H62N8O8. The molecule has 8 atom stereocenters. The Morgan fingerprint density at radius 3 is 2.23 bits per heavy atom. The van der Waals surface area contributed by atoms with E-state index in [0.29, 0.717) is 18.9 Å². The standard InChI is InChI=1S/C47H57N7O6.C2H5NO2/c1-24(2)42(52-47(57)58-7)46(56)54-26(4)9-14-38(54)44-48-22-37(50-44)31-10-12-33-32(19-31)23-59-40-21-34-30(20-35(33)40)11-13-36-43(34)51-45(49-36)39-15-8-25(3)53(39)41(55)18-29-16-27(5)60-28(6)17-29;1-5-2(3)4/h10-13,19-22,24-29,38-39,42H,8-9,14-18,23H2,1-7H3,(H,48,50)(H,49,51)(H,52,57);1H3,(H2,3,4)/t25-,26-,27+,28?,29?,38-,39-,42?;/m0./s1. The third-order valence-corrected chi connectivity index (χ3v) is 13.6. The van der Waals surface area contributed by atoms with Crippen molar-refractivity contribution in [1.29, 1.82) is 0 Å². The molecule has 3 fully saturated rings. The summed E-state index contributed by atoms with van der Waals surface area (Å²) < 4.78 is 21.1. The van der Waals surface area contributed by atoms with Gasteiger partial charge in [0.05, 0.1) is 61.4 Å². The predicted octanol–water partition coefficient (Wildman–Crippen LogP) is 8.46. The third kappa shape index (κ3) is 9.22. The number of rotatable bonds is 8. The monoisotopic (exact) mass is 890 g/mol. The second-order valence-corrected chi connectivity index (χ2v) is 18.6. The zero-order valence-corrected chi connectivity index (χ0v) is 38.6. The van der Waals surface area contributed by atoms with E-state index in [-0.39, 0.29) is 54.1 Å². The van der Waals surface area contributed by atoms with Crippen molar-refractivity contribution in [3.05, 3.63) is 65.9 Å². The fourth-order valence-electron chi connectivity index (χ4n) is 10.5. The largest absolute Gasteiger partial charge is 0.488 e. The molecule has 0 saturated carbocycles. The fraction of sp³-hybridized carbons (Fsp3) is 0.510. The van der Waals surface area contributed by atoms with Crippen LogP contribution < -0.4 is 15.8 Å². The van der Waals surface area contributed by atoms with Crippen LogP contribution in [0.4, 0.5) is 9.59 Å². The Balaban J connectivity index is 0.00000109. The Morgan fingerprint density at radius 1 is 0.862 bits per heavy atom. The number of H-pyrrole nitrogens is 2. The summed E-state index contributed by atoms with van der Waals surface area (Å²) in [6.45, 7) is 12.7. The molecule has 16 heteroatoms. The van der Waals surface area contributed by atoms with Gasteiger partial charge in [-0.3, -0.25) is 9.59 Å². The number of imidazole rings is 2. The van der Waals surface area contributed by atoms with Gasteiger partial charge < -0.3 is 49.8 Å². The summed E-state index contributed by atoms with van der Waals surface area (Å²) in [6.07, 6.45) is 6.67. The van der Waals surface area contributed by atoms with E-state index in [1.54, 1.807) is 0 Å². The van der Waals surface area contributed by atoms with Crippen molar-refractivity contribution < 1.29 is 38.1 Å². The lowest BCUT2D eigenvalue weighted by Crippen LogP contribution is -2.52. The molecule has 346 valence electrons. The van der Waals surface area contributed by atoms with Gasteiger partial charge in [-0.1, -0.05) is 32.0 Å². The van der Waals surface area contributed by atoms with Crippen LogP contribution in [0, 0.1) is 11.8 Å². The number of ether oxygens (including phenoxy) is 4. The van der Waals surface area contributed by atoms with Gasteiger partial charge in [-0.2, -0.15) is 0 Å². The van der Waals surface area contributed by atoms with Crippen LogP contribution in [0.1, 0.15) is 116 Å². The molecule has 2 aromatic heterocycles. The maximum absolute atomic E-state index is 13.9. The number of carbonyl (C=O) groups excluding carboxylic acids is 4. The van der Waals surface area contributed by atoms with Gasteiger partial charge in [0.2, 0.25) is 11.8 Å². The molecule has 4 amide bonds. The minimum Gasteiger partial charge on any atom is -0.488 e. The van der Waals surface area contributed by atoms with E-state index in [4.69, 9.17) is 24.2 Å².